The zero-order valence-electron chi connectivity index (χ0n) is 17.2. The molecule has 2 aromatic carbocycles. The minimum Gasteiger partial charge on any atom is -0.337 e. The van der Waals surface area contributed by atoms with Gasteiger partial charge in [-0.1, -0.05) is 23.7 Å². The Morgan fingerprint density at radius 2 is 1.79 bits per heavy atom. The van der Waals surface area contributed by atoms with Gasteiger partial charge in [0.15, 0.2) is 6.04 Å². The van der Waals surface area contributed by atoms with E-state index in [4.69, 9.17) is 11.6 Å². The van der Waals surface area contributed by atoms with Gasteiger partial charge in [0.2, 0.25) is 11.8 Å². The quantitative estimate of drug-likeness (QED) is 0.500. The van der Waals surface area contributed by atoms with Crippen LogP contribution >= 0.6 is 11.6 Å². The van der Waals surface area contributed by atoms with Crippen LogP contribution in [0.5, 0.6) is 0 Å². The van der Waals surface area contributed by atoms with E-state index in [9.17, 15) is 36.7 Å². The molecule has 0 saturated carbocycles. The first kappa shape index (κ1) is 23.7. The van der Waals surface area contributed by atoms with Gasteiger partial charge in [-0.25, -0.2) is 4.39 Å². The maximum atomic E-state index is 13.6. The second-order valence-corrected chi connectivity index (χ2v) is 8.23. The van der Waals surface area contributed by atoms with Gasteiger partial charge in [0, 0.05) is 24.1 Å². The minimum absolute atomic E-state index is 0.0418. The molecule has 178 valence electrons. The number of fused-ring (bicyclic) bond motifs is 1. The van der Waals surface area contributed by atoms with Gasteiger partial charge in [-0.3, -0.25) is 24.5 Å². The van der Waals surface area contributed by atoms with Crippen molar-refractivity contribution in [3.05, 3.63) is 69.5 Å². The third-order valence-electron chi connectivity index (χ3n) is 5.70. The number of amides is 4. The highest BCUT2D eigenvalue weighted by Gasteiger charge is 2.43. The summed E-state index contributed by atoms with van der Waals surface area (Å²) >= 11 is 6.32. The van der Waals surface area contributed by atoms with Crippen molar-refractivity contribution in [1.82, 2.24) is 15.5 Å². The summed E-state index contributed by atoms with van der Waals surface area (Å²) in [5.74, 6) is -3.52. The number of rotatable bonds is 4. The molecule has 1 saturated heterocycles. The van der Waals surface area contributed by atoms with Gasteiger partial charge < -0.3 is 10.2 Å². The molecule has 2 aromatic rings. The van der Waals surface area contributed by atoms with Crippen molar-refractivity contribution >= 4 is 35.2 Å². The Morgan fingerprint density at radius 3 is 2.41 bits per heavy atom. The van der Waals surface area contributed by atoms with Crippen molar-refractivity contribution in [2.75, 3.05) is 0 Å². The molecule has 7 nitrogen and oxygen atoms in total. The lowest BCUT2D eigenvalue weighted by Gasteiger charge is -2.29. The number of alkyl halides is 3. The Balaban J connectivity index is 1.59. The number of hydrogen-bond donors (Lipinski definition) is 2. The number of nitrogens with zero attached hydrogens (tertiary/aromatic N) is 1. The highest BCUT2D eigenvalue weighted by molar-refractivity contribution is 6.35. The Labute approximate surface area is 195 Å². The van der Waals surface area contributed by atoms with Crippen molar-refractivity contribution in [2.45, 2.75) is 37.6 Å². The third kappa shape index (κ3) is 4.35. The monoisotopic (exact) mass is 497 g/mol. The van der Waals surface area contributed by atoms with Crippen LogP contribution in [0.15, 0.2) is 36.4 Å². The first-order valence-electron chi connectivity index (χ1n) is 10.1. The average Bonchev–Trinajstić information content (AvgIpc) is 3.09. The van der Waals surface area contributed by atoms with Gasteiger partial charge in [0.05, 0.1) is 10.6 Å². The highest BCUT2D eigenvalue weighted by atomic mass is 35.5. The summed E-state index contributed by atoms with van der Waals surface area (Å²) in [5, 5.41) is 3.80. The van der Waals surface area contributed by atoms with Gasteiger partial charge in [-0.05, 0) is 36.2 Å². The third-order valence-corrected chi connectivity index (χ3v) is 6.13. The number of nitrogens with one attached hydrogen (secondary N) is 2. The Hall–Kier alpha value is -3.47. The molecule has 0 aromatic heterocycles. The fourth-order valence-electron chi connectivity index (χ4n) is 4.00. The molecule has 2 atom stereocenters. The number of piperidine rings is 1. The van der Waals surface area contributed by atoms with Crippen LogP contribution in [-0.2, 0) is 16.1 Å². The summed E-state index contributed by atoms with van der Waals surface area (Å²) in [6.07, 6.45) is -4.73. The molecule has 1 unspecified atom stereocenters. The molecule has 4 amide bonds. The van der Waals surface area contributed by atoms with Gasteiger partial charge in [-0.15, -0.1) is 0 Å². The second-order valence-electron chi connectivity index (χ2n) is 7.85. The largest absolute Gasteiger partial charge is 0.412 e. The van der Waals surface area contributed by atoms with E-state index < -0.39 is 47.7 Å². The topological polar surface area (TPSA) is 95.6 Å². The lowest BCUT2D eigenvalue weighted by molar-refractivity contribution is -0.155. The fraction of sp³-hybridized carbons (Fsp3) is 0.273. The van der Waals surface area contributed by atoms with Crippen LogP contribution in [0, 0.1) is 5.82 Å². The maximum Gasteiger partial charge on any atom is 0.412 e. The van der Waals surface area contributed by atoms with Gasteiger partial charge in [0.1, 0.15) is 11.9 Å². The number of hydrogen-bond acceptors (Lipinski definition) is 4. The van der Waals surface area contributed by atoms with Gasteiger partial charge >= 0.3 is 6.18 Å². The molecule has 12 heteroatoms. The van der Waals surface area contributed by atoms with Crippen molar-refractivity contribution in [2.24, 2.45) is 0 Å². The van der Waals surface area contributed by atoms with E-state index >= 15 is 0 Å². The van der Waals surface area contributed by atoms with Crippen molar-refractivity contribution in [3.8, 4) is 0 Å². The molecule has 2 aliphatic heterocycles. The van der Waals surface area contributed by atoms with Gasteiger partial charge in [0.25, 0.3) is 11.8 Å². The molecular formula is C22H16ClF4N3O4. The number of benzene rings is 2. The average molecular weight is 498 g/mol. The van der Waals surface area contributed by atoms with Crippen LogP contribution < -0.4 is 10.6 Å². The smallest absolute Gasteiger partial charge is 0.337 e. The summed E-state index contributed by atoms with van der Waals surface area (Å²) in [6.45, 7) is -0.152. The summed E-state index contributed by atoms with van der Waals surface area (Å²) < 4.78 is 54.0. The zero-order valence-corrected chi connectivity index (χ0v) is 18.0. The number of carbonyl (C=O) groups excluding carboxylic acids is 4. The van der Waals surface area contributed by atoms with E-state index in [0.29, 0.717) is 0 Å². The van der Waals surface area contributed by atoms with Crippen molar-refractivity contribution < 1.29 is 36.7 Å². The predicted octanol–water partition coefficient (Wildman–Crippen LogP) is 3.27. The molecular weight excluding hydrogens is 482 g/mol. The van der Waals surface area contributed by atoms with E-state index in [0.717, 1.165) is 30.3 Å². The molecule has 1 fully saturated rings. The van der Waals surface area contributed by atoms with E-state index in [2.05, 4.69) is 5.32 Å². The standard InChI is InChI=1S/C22H16ClF4N3O4/c23-17-13(19(32)29-18(22(25,26)27)10-1-3-11(24)4-2-10)6-5-12-14(17)9-30(21(12)34)15-7-8-16(31)28-20(15)33/h1-6,15,18H,7-9H2,(H,29,32)(H,28,31,33)/t15?,18-/m1/s1. The second kappa shape index (κ2) is 8.71. The molecule has 0 bridgehead atoms. The normalized spacial score (nSPS) is 19.0. The number of halogens is 5. The Morgan fingerprint density at radius 1 is 1.12 bits per heavy atom. The number of imide groups is 1. The maximum absolute atomic E-state index is 13.6. The van der Waals surface area contributed by atoms with E-state index in [1.807, 2.05) is 5.32 Å². The van der Waals surface area contributed by atoms with Crippen LogP contribution in [0.2, 0.25) is 5.02 Å². The lowest BCUT2D eigenvalue weighted by atomic mass is 10.0. The summed E-state index contributed by atoms with van der Waals surface area (Å²) in [4.78, 5) is 50.3. The van der Waals surface area contributed by atoms with Crippen molar-refractivity contribution in [1.29, 1.82) is 0 Å². The van der Waals surface area contributed by atoms with E-state index in [1.165, 1.54) is 11.0 Å². The first-order valence-corrected chi connectivity index (χ1v) is 10.4. The molecule has 0 aliphatic carbocycles. The van der Waals surface area contributed by atoms with Crippen molar-refractivity contribution in [3.63, 3.8) is 0 Å². The Kier molecular flexibility index (Phi) is 6.07. The highest BCUT2D eigenvalue weighted by Crippen LogP contribution is 2.36. The molecule has 0 spiro atoms. The van der Waals surface area contributed by atoms with Crippen LogP contribution in [0.25, 0.3) is 0 Å². The SMILES string of the molecule is O=C1CCC(N2Cc3c(ccc(C(=O)N[C@H](c4ccc(F)cc4)C(F)(F)F)c3Cl)C2=O)C(=O)N1. The summed E-state index contributed by atoms with van der Waals surface area (Å²) in [5.41, 5.74) is -0.375. The minimum atomic E-state index is -4.88. The lowest BCUT2D eigenvalue weighted by Crippen LogP contribution is -2.52. The number of carbonyl (C=O) groups is 4. The Bertz CT molecular complexity index is 1200. The van der Waals surface area contributed by atoms with E-state index in [-0.39, 0.29) is 46.7 Å². The van der Waals surface area contributed by atoms with Crippen LogP contribution in [0.3, 0.4) is 0 Å². The molecule has 2 N–H and O–H groups in total. The van der Waals surface area contributed by atoms with Crippen LogP contribution in [0.4, 0.5) is 17.6 Å². The van der Waals surface area contributed by atoms with Gasteiger partial charge in [-0.2, -0.15) is 13.2 Å². The first-order chi connectivity index (χ1) is 16.0. The molecule has 2 aliphatic rings. The van der Waals surface area contributed by atoms with Crippen LogP contribution in [-0.4, -0.2) is 40.7 Å². The summed E-state index contributed by atoms with van der Waals surface area (Å²) in [6, 6.07) is 2.55. The molecule has 34 heavy (non-hydrogen) atoms. The molecule has 0 radical (unpaired) electrons. The summed E-state index contributed by atoms with van der Waals surface area (Å²) in [7, 11) is 0. The predicted molar refractivity (Wildman–Crippen MR) is 110 cm³/mol. The fourth-order valence-corrected chi connectivity index (χ4v) is 4.31. The van der Waals surface area contributed by atoms with E-state index in [1.54, 1.807) is 0 Å². The van der Waals surface area contributed by atoms with Crippen LogP contribution in [0.1, 0.15) is 50.7 Å². The molecule has 4 rings (SSSR count). The zero-order chi connectivity index (χ0) is 24.8. The molecule has 2 heterocycles.